The molecule has 0 spiro atoms. The molecule has 6 nitrogen and oxygen atoms in total. The Morgan fingerprint density at radius 1 is 1.00 bits per heavy atom. The van der Waals surface area contributed by atoms with E-state index >= 15 is 0 Å². The Morgan fingerprint density at radius 3 is 2.38 bits per heavy atom. The standard InChI is InChI=1S/C26H21ClN2O4S/c1-16-3-8-20(13-17(16)2)28-24(30)15-33-22-11-4-18(5-12-22)14-23-25(31)29(26(32)34-23)21-9-6-19(27)7-10-21/h3-14H,15H2,1-2H3,(H,28,30)/b23-14+. The maximum Gasteiger partial charge on any atom is 0.298 e. The molecule has 34 heavy (non-hydrogen) atoms. The largest absolute Gasteiger partial charge is 0.484 e. The molecule has 0 radical (unpaired) electrons. The van der Waals surface area contributed by atoms with Gasteiger partial charge in [-0.15, -0.1) is 0 Å². The van der Waals surface area contributed by atoms with Crippen LogP contribution in [0.25, 0.3) is 6.08 Å². The van der Waals surface area contributed by atoms with Gasteiger partial charge in [0.05, 0.1) is 10.6 Å². The third-order valence-electron chi connectivity index (χ3n) is 5.22. The number of hydrogen-bond acceptors (Lipinski definition) is 5. The van der Waals surface area contributed by atoms with E-state index < -0.39 is 0 Å². The number of hydrogen-bond donors (Lipinski definition) is 1. The number of anilines is 2. The molecule has 0 bridgehead atoms. The molecule has 0 unspecified atom stereocenters. The molecule has 0 atom stereocenters. The molecule has 4 rings (SSSR count). The molecule has 172 valence electrons. The SMILES string of the molecule is Cc1ccc(NC(=O)COc2ccc(/C=C3/SC(=O)N(c4ccc(Cl)cc4)C3=O)cc2)cc1C. The van der Waals surface area contributed by atoms with Gasteiger partial charge in [0, 0.05) is 10.7 Å². The number of halogens is 1. The van der Waals surface area contributed by atoms with Gasteiger partial charge in [0.15, 0.2) is 6.61 Å². The van der Waals surface area contributed by atoms with Gasteiger partial charge in [-0.05, 0) is 96.9 Å². The summed E-state index contributed by atoms with van der Waals surface area (Å²) >= 11 is 6.77. The van der Waals surface area contributed by atoms with Crippen molar-refractivity contribution < 1.29 is 19.1 Å². The average Bonchev–Trinajstić information content (AvgIpc) is 3.09. The predicted octanol–water partition coefficient (Wildman–Crippen LogP) is 6.22. The molecule has 1 aliphatic rings. The first kappa shape index (κ1) is 23.6. The normalized spacial score (nSPS) is 14.6. The highest BCUT2D eigenvalue weighted by atomic mass is 35.5. The molecule has 1 fully saturated rings. The zero-order valence-corrected chi connectivity index (χ0v) is 20.1. The number of carbonyl (C=O) groups is 3. The number of nitrogens with one attached hydrogen (secondary N) is 1. The van der Waals surface area contributed by atoms with Crippen molar-refractivity contribution in [2.75, 3.05) is 16.8 Å². The number of aryl methyl sites for hydroxylation is 2. The van der Waals surface area contributed by atoms with Crippen molar-refractivity contribution >= 4 is 57.9 Å². The van der Waals surface area contributed by atoms with Crippen LogP contribution in [-0.2, 0) is 9.59 Å². The van der Waals surface area contributed by atoms with Crippen LogP contribution < -0.4 is 15.0 Å². The minimum absolute atomic E-state index is 0.133. The summed E-state index contributed by atoms with van der Waals surface area (Å²) in [5, 5.41) is 2.97. The molecule has 1 N–H and O–H groups in total. The fourth-order valence-electron chi connectivity index (χ4n) is 3.26. The first-order valence-electron chi connectivity index (χ1n) is 10.4. The first-order chi connectivity index (χ1) is 16.3. The van der Waals surface area contributed by atoms with E-state index in [1.54, 1.807) is 54.6 Å². The highest BCUT2D eigenvalue weighted by Crippen LogP contribution is 2.36. The van der Waals surface area contributed by atoms with Gasteiger partial charge in [0.2, 0.25) is 0 Å². The maximum atomic E-state index is 12.8. The van der Waals surface area contributed by atoms with E-state index in [9.17, 15) is 14.4 Å². The first-order valence-corrected chi connectivity index (χ1v) is 11.6. The summed E-state index contributed by atoms with van der Waals surface area (Å²) in [6.45, 7) is 3.87. The van der Waals surface area contributed by atoms with E-state index in [-0.39, 0.29) is 23.7 Å². The molecule has 0 aliphatic carbocycles. The van der Waals surface area contributed by atoms with Gasteiger partial charge in [-0.1, -0.05) is 29.8 Å². The highest BCUT2D eigenvalue weighted by Gasteiger charge is 2.36. The van der Waals surface area contributed by atoms with Crippen molar-refractivity contribution in [1.29, 1.82) is 0 Å². The van der Waals surface area contributed by atoms with Crippen LogP contribution in [0.4, 0.5) is 16.2 Å². The van der Waals surface area contributed by atoms with Crippen molar-refractivity contribution in [1.82, 2.24) is 0 Å². The summed E-state index contributed by atoms with van der Waals surface area (Å²) in [6.07, 6.45) is 1.65. The van der Waals surface area contributed by atoms with Crippen LogP contribution in [0.15, 0.2) is 71.6 Å². The number of amides is 3. The van der Waals surface area contributed by atoms with Gasteiger partial charge in [-0.2, -0.15) is 0 Å². The van der Waals surface area contributed by atoms with Crippen molar-refractivity contribution in [2.24, 2.45) is 0 Å². The molecule has 1 heterocycles. The fourth-order valence-corrected chi connectivity index (χ4v) is 4.22. The Balaban J connectivity index is 1.36. The molecule has 0 saturated carbocycles. The molecule has 0 aromatic heterocycles. The maximum absolute atomic E-state index is 12.8. The van der Waals surface area contributed by atoms with Crippen LogP contribution in [0, 0.1) is 13.8 Å². The number of imide groups is 1. The number of carbonyl (C=O) groups excluding carboxylic acids is 3. The predicted molar refractivity (Wildman–Crippen MR) is 136 cm³/mol. The zero-order valence-electron chi connectivity index (χ0n) is 18.5. The second-order valence-corrected chi connectivity index (χ2v) is 9.13. The quantitative estimate of drug-likeness (QED) is 0.414. The van der Waals surface area contributed by atoms with Gasteiger partial charge in [0.1, 0.15) is 5.75 Å². The van der Waals surface area contributed by atoms with Crippen LogP contribution in [0.2, 0.25) is 5.02 Å². The molecule has 3 aromatic rings. The summed E-state index contributed by atoms with van der Waals surface area (Å²) in [5.74, 6) is -0.134. The lowest BCUT2D eigenvalue weighted by molar-refractivity contribution is -0.118. The fraction of sp³-hybridized carbons (Fsp3) is 0.115. The average molecular weight is 493 g/mol. The summed E-state index contributed by atoms with van der Waals surface area (Å²) in [6, 6.07) is 19.2. The van der Waals surface area contributed by atoms with Crippen molar-refractivity contribution in [3.05, 3.63) is 93.3 Å². The zero-order chi connectivity index (χ0) is 24.2. The lowest BCUT2D eigenvalue weighted by Crippen LogP contribution is -2.27. The number of nitrogens with zero attached hydrogens (tertiary/aromatic N) is 1. The van der Waals surface area contributed by atoms with Crippen LogP contribution in [-0.4, -0.2) is 23.7 Å². The van der Waals surface area contributed by atoms with Crippen molar-refractivity contribution in [2.45, 2.75) is 13.8 Å². The van der Waals surface area contributed by atoms with Gasteiger partial charge in [0.25, 0.3) is 17.1 Å². The van der Waals surface area contributed by atoms with Gasteiger partial charge in [-0.3, -0.25) is 14.4 Å². The van der Waals surface area contributed by atoms with Gasteiger partial charge in [-0.25, -0.2) is 4.90 Å². The van der Waals surface area contributed by atoms with Crippen molar-refractivity contribution in [3.8, 4) is 5.75 Å². The Kier molecular flexibility index (Phi) is 7.05. The number of rotatable bonds is 6. The van der Waals surface area contributed by atoms with Crippen LogP contribution in [0.5, 0.6) is 5.75 Å². The number of thioether (sulfide) groups is 1. The van der Waals surface area contributed by atoms with Crippen LogP contribution in [0.1, 0.15) is 16.7 Å². The topological polar surface area (TPSA) is 75.7 Å². The third-order valence-corrected chi connectivity index (χ3v) is 6.34. The highest BCUT2D eigenvalue weighted by molar-refractivity contribution is 8.19. The van der Waals surface area contributed by atoms with Gasteiger partial charge >= 0.3 is 0 Å². The van der Waals surface area contributed by atoms with E-state index in [0.717, 1.165) is 39.0 Å². The Hall–Kier alpha value is -3.55. The van der Waals surface area contributed by atoms with Crippen LogP contribution >= 0.6 is 23.4 Å². The Labute approximate surface area is 206 Å². The van der Waals surface area contributed by atoms with E-state index in [1.807, 2.05) is 32.0 Å². The molecule has 3 aromatic carbocycles. The Bertz CT molecular complexity index is 1290. The summed E-state index contributed by atoms with van der Waals surface area (Å²) < 4.78 is 5.56. The molecular formula is C26H21ClN2O4S. The molecule has 3 amide bonds. The Morgan fingerprint density at radius 2 is 1.71 bits per heavy atom. The van der Waals surface area contributed by atoms with E-state index in [4.69, 9.17) is 16.3 Å². The lowest BCUT2D eigenvalue weighted by atomic mass is 10.1. The minimum Gasteiger partial charge on any atom is -0.484 e. The summed E-state index contributed by atoms with van der Waals surface area (Å²) in [7, 11) is 0. The van der Waals surface area contributed by atoms with E-state index in [2.05, 4.69) is 5.32 Å². The second-order valence-electron chi connectivity index (χ2n) is 7.70. The molecule has 8 heteroatoms. The molecule has 1 saturated heterocycles. The minimum atomic E-state index is -0.388. The number of benzene rings is 3. The molecular weight excluding hydrogens is 472 g/mol. The van der Waals surface area contributed by atoms with Crippen LogP contribution in [0.3, 0.4) is 0 Å². The summed E-state index contributed by atoms with van der Waals surface area (Å²) in [5.41, 5.74) is 4.18. The monoisotopic (exact) mass is 492 g/mol. The second kappa shape index (κ2) is 10.2. The lowest BCUT2D eigenvalue weighted by Gasteiger charge is -2.12. The van der Waals surface area contributed by atoms with E-state index in [0.29, 0.717) is 21.4 Å². The third kappa shape index (κ3) is 5.50. The van der Waals surface area contributed by atoms with Gasteiger partial charge < -0.3 is 10.1 Å². The molecule has 1 aliphatic heterocycles. The number of ether oxygens (including phenoxy) is 1. The van der Waals surface area contributed by atoms with E-state index in [1.165, 1.54) is 0 Å². The smallest absolute Gasteiger partial charge is 0.298 e. The summed E-state index contributed by atoms with van der Waals surface area (Å²) in [4.78, 5) is 38.8. The van der Waals surface area contributed by atoms with Crippen molar-refractivity contribution in [3.63, 3.8) is 0 Å².